The lowest BCUT2D eigenvalue weighted by atomic mass is 10.2. The van der Waals surface area contributed by atoms with Crippen molar-refractivity contribution in [3.63, 3.8) is 0 Å². The first-order valence-corrected chi connectivity index (χ1v) is 3.48. The summed E-state index contributed by atoms with van der Waals surface area (Å²) in [6.45, 7) is 0. The molecule has 4 heteroatoms. The number of fused-ring (bicyclic) bond motifs is 1. The van der Waals surface area contributed by atoms with Gasteiger partial charge in [0.15, 0.2) is 0 Å². The predicted octanol–water partition coefficient (Wildman–Crippen LogP) is 1.63. The van der Waals surface area contributed by atoms with Gasteiger partial charge < -0.3 is 0 Å². The van der Waals surface area contributed by atoms with Crippen molar-refractivity contribution in [2.75, 3.05) is 11.9 Å². The molecular weight excluding hydrogens is 159 g/mol. The van der Waals surface area contributed by atoms with Gasteiger partial charge >= 0.3 is 6.03 Å². The van der Waals surface area contributed by atoms with Gasteiger partial charge in [-0.05, 0) is 12.1 Å². The molecule has 1 radical (unpaired) electrons. The van der Waals surface area contributed by atoms with Crippen LogP contribution >= 0.6 is 0 Å². The zero-order valence-electron chi connectivity index (χ0n) is 6.41. The standard InChI is InChI=1S/C8H6FN2O/c1-11-7-5(9)3-2-4-6(7)10-8(11)12/h2-4H,1H3. The van der Waals surface area contributed by atoms with E-state index in [1.54, 1.807) is 6.07 Å². The summed E-state index contributed by atoms with van der Waals surface area (Å²) in [5.74, 6) is -0.412. The molecule has 0 spiro atoms. The zero-order chi connectivity index (χ0) is 8.72. The Labute approximate surface area is 68.8 Å². The van der Waals surface area contributed by atoms with Gasteiger partial charge in [0.1, 0.15) is 11.5 Å². The van der Waals surface area contributed by atoms with Crippen LogP contribution in [0.5, 0.6) is 0 Å². The highest BCUT2D eigenvalue weighted by atomic mass is 19.1. The molecule has 2 amide bonds. The van der Waals surface area contributed by atoms with Gasteiger partial charge in [0.25, 0.3) is 0 Å². The number of carbonyl (C=O) groups is 1. The highest BCUT2D eigenvalue weighted by Crippen LogP contribution is 2.33. The molecule has 0 atom stereocenters. The number of amides is 2. The maximum Gasteiger partial charge on any atom is 0.348 e. The number of hydrogen-bond acceptors (Lipinski definition) is 1. The molecule has 1 aromatic rings. The van der Waals surface area contributed by atoms with E-state index in [-0.39, 0.29) is 5.69 Å². The lowest BCUT2D eigenvalue weighted by Gasteiger charge is -2.06. The number of anilines is 1. The second-order valence-corrected chi connectivity index (χ2v) is 2.56. The fraction of sp³-hybridized carbons (Fsp3) is 0.125. The predicted molar refractivity (Wildman–Crippen MR) is 42.0 cm³/mol. The molecular formula is C8H6FN2O. The molecule has 2 rings (SSSR count). The number of benzene rings is 1. The number of halogens is 1. The van der Waals surface area contributed by atoms with Crippen LogP contribution in [0.2, 0.25) is 0 Å². The van der Waals surface area contributed by atoms with Crippen LogP contribution in [0, 0.1) is 5.82 Å². The van der Waals surface area contributed by atoms with E-state index >= 15 is 0 Å². The second kappa shape index (κ2) is 2.20. The molecule has 0 aliphatic carbocycles. The third kappa shape index (κ3) is 0.777. The summed E-state index contributed by atoms with van der Waals surface area (Å²) in [7, 11) is 1.50. The summed E-state index contributed by atoms with van der Waals surface area (Å²) in [4.78, 5) is 12.2. The molecule has 0 saturated heterocycles. The minimum Gasteiger partial charge on any atom is -0.291 e. The van der Waals surface area contributed by atoms with Crippen molar-refractivity contribution < 1.29 is 9.18 Å². The maximum atomic E-state index is 13.1. The summed E-state index contributed by atoms with van der Waals surface area (Å²) in [5, 5.41) is 3.64. The van der Waals surface area contributed by atoms with E-state index in [1.807, 2.05) is 0 Å². The topological polar surface area (TPSA) is 34.4 Å². The van der Waals surface area contributed by atoms with Gasteiger partial charge in [-0.3, -0.25) is 4.90 Å². The molecule has 0 unspecified atom stereocenters. The lowest BCUT2D eigenvalue weighted by molar-refractivity contribution is 0.252. The van der Waals surface area contributed by atoms with E-state index in [2.05, 4.69) is 5.32 Å². The van der Waals surface area contributed by atoms with Crippen LogP contribution in [0.25, 0.3) is 0 Å². The van der Waals surface area contributed by atoms with Gasteiger partial charge in [0, 0.05) is 7.05 Å². The number of nitrogens with zero attached hydrogens (tertiary/aromatic N) is 2. The summed E-state index contributed by atoms with van der Waals surface area (Å²) in [5.41, 5.74) is 0.671. The zero-order valence-corrected chi connectivity index (χ0v) is 6.41. The second-order valence-electron chi connectivity index (χ2n) is 2.56. The third-order valence-electron chi connectivity index (χ3n) is 1.80. The molecule has 12 heavy (non-hydrogen) atoms. The molecule has 1 aliphatic rings. The molecule has 0 bridgehead atoms. The average Bonchev–Trinajstić information content (AvgIpc) is 2.29. The number of urea groups is 1. The number of hydrogen-bond donors (Lipinski definition) is 0. The monoisotopic (exact) mass is 165 g/mol. The van der Waals surface area contributed by atoms with Crippen molar-refractivity contribution in [2.45, 2.75) is 0 Å². The Morgan fingerprint density at radius 2 is 2.25 bits per heavy atom. The van der Waals surface area contributed by atoms with Crippen molar-refractivity contribution in [1.29, 1.82) is 0 Å². The van der Waals surface area contributed by atoms with Crippen molar-refractivity contribution >= 4 is 17.4 Å². The Kier molecular flexibility index (Phi) is 1.30. The van der Waals surface area contributed by atoms with Gasteiger partial charge in [0.2, 0.25) is 0 Å². The van der Waals surface area contributed by atoms with Crippen molar-refractivity contribution in [1.82, 2.24) is 5.32 Å². The van der Waals surface area contributed by atoms with Crippen LogP contribution in [-0.2, 0) is 0 Å². The van der Waals surface area contributed by atoms with E-state index in [0.29, 0.717) is 5.69 Å². The Morgan fingerprint density at radius 3 is 2.92 bits per heavy atom. The van der Waals surface area contributed by atoms with E-state index in [9.17, 15) is 9.18 Å². The molecule has 0 N–H and O–H groups in total. The smallest absolute Gasteiger partial charge is 0.291 e. The van der Waals surface area contributed by atoms with Gasteiger partial charge in [-0.1, -0.05) is 6.07 Å². The summed E-state index contributed by atoms with van der Waals surface area (Å²) >= 11 is 0. The van der Waals surface area contributed by atoms with E-state index in [0.717, 1.165) is 0 Å². The first kappa shape index (κ1) is 7.09. The fourth-order valence-corrected chi connectivity index (χ4v) is 1.20. The van der Waals surface area contributed by atoms with Gasteiger partial charge in [-0.2, -0.15) is 5.32 Å². The minimum atomic E-state index is -0.421. The van der Waals surface area contributed by atoms with E-state index < -0.39 is 11.8 Å². The summed E-state index contributed by atoms with van der Waals surface area (Å²) < 4.78 is 13.1. The summed E-state index contributed by atoms with van der Waals surface area (Å²) in [6, 6.07) is 4.03. The first-order valence-electron chi connectivity index (χ1n) is 3.48. The molecule has 1 heterocycles. The van der Waals surface area contributed by atoms with Crippen molar-refractivity contribution in [2.24, 2.45) is 0 Å². The molecule has 0 saturated carbocycles. The largest absolute Gasteiger partial charge is 0.348 e. The van der Waals surface area contributed by atoms with E-state index in [4.69, 9.17) is 0 Å². The molecule has 1 aliphatic heterocycles. The number of para-hydroxylation sites is 1. The van der Waals surface area contributed by atoms with Gasteiger partial charge in [0.05, 0.1) is 5.69 Å². The molecule has 3 nitrogen and oxygen atoms in total. The molecule has 61 valence electrons. The Balaban J connectivity index is 2.62. The Bertz CT molecular complexity index is 351. The van der Waals surface area contributed by atoms with Crippen LogP contribution < -0.4 is 10.2 Å². The molecule has 0 aromatic heterocycles. The number of rotatable bonds is 0. The third-order valence-corrected chi connectivity index (χ3v) is 1.80. The quantitative estimate of drug-likeness (QED) is 0.575. The van der Waals surface area contributed by atoms with Crippen LogP contribution in [0.1, 0.15) is 0 Å². The van der Waals surface area contributed by atoms with Crippen LogP contribution in [0.4, 0.5) is 20.6 Å². The number of carbonyl (C=O) groups excluding carboxylic acids is 1. The average molecular weight is 165 g/mol. The molecule has 0 fully saturated rings. The van der Waals surface area contributed by atoms with Gasteiger partial charge in [-0.15, -0.1) is 0 Å². The minimum absolute atomic E-state index is 0.266. The Morgan fingerprint density at radius 1 is 1.50 bits per heavy atom. The van der Waals surface area contributed by atoms with Crippen molar-refractivity contribution in [3.05, 3.63) is 24.0 Å². The van der Waals surface area contributed by atoms with Crippen LogP contribution in [0.15, 0.2) is 18.2 Å². The highest BCUT2D eigenvalue weighted by Gasteiger charge is 2.27. The van der Waals surface area contributed by atoms with Crippen molar-refractivity contribution in [3.8, 4) is 0 Å². The van der Waals surface area contributed by atoms with E-state index in [1.165, 1.54) is 24.1 Å². The van der Waals surface area contributed by atoms with Crippen LogP contribution in [-0.4, -0.2) is 13.1 Å². The SMILES string of the molecule is CN1C(=O)[N]c2cccc(F)c21. The molecule has 1 aromatic carbocycles. The Hall–Kier alpha value is -1.58. The van der Waals surface area contributed by atoms with Crippen LogP contribution in [0.3, 0.4) is 0 Å². The highest BCUT2D eigenvalue weighted by molar-refractivity contribution is 6.03. The summed E-state index contributed by atoms with van der Waals surface area (Å²) in [6.07, 6.45) is 0. The normalized spacial score (nSPS) is 14.5. The lowest BCUT2D eigenvalue weighted by Crippen LogP contribution is -2.23. The maximum absolute atomic E-state index is 13.1. The fourth-order valence-electron chi connectivity index (χ4n) is 1.20. The first-order chi connectivity index (χ1) is 5.70. The van der Waals surface area contributed by atoms with Gasteiger partial charge in [-0.25, -0.2) is 9.18 Å².